The summed E-state index contributed by atoms with van der Waals surface area (Å²) in [6.07, 6.45) is 3.54. The van der Waals surface area contributed by atoms with Gasteiger partial charge in [0.2, 0.25) is 5.95 Å². The Morgan fingerprint density at radius 1 is 1.62 bits per heavy atom. The minimum atomic E-state index is -0.420. The van der Waals surface area contributed by atoms with Crippen LogP contribution in [0.1, 0.15) is 12.1 Å². The van der Waals surface area contributed by atoms with E-state index in [1.807, 2.05) is 0 Å². The highest BCUT2D eigenvalue weighted by molar-refractivity contribution is 5.56. The van der Waals surface area contributed by atoms with E-state index < -0.39 is 6.04 Å². The topological polar surface area (TPSA) is 94.9 Å². The van der Waals surface area contributed by atoms with Crippen molar-refractivity contribution in [2.45, 2.75) is 18.9 Å². The van der Waals surface area contributed by atoms with Crippen LogP contribution in [0.15, 0.2) is 12.3 Å². The smallest absolute Gasteiger partial charge is 0.220 e. The van der Waals surface area contributed by atoms with E-state index in [2.05, 4.69) is 9.97 Å². The summed E-state index contributed by atoms with van der Waals surface area (Å²) in [5.74, 6) is 0.247. The predicted octanol–water partition coefficient (Wildman–Crippen LogP) is -0.482. The maximum absolute atomic E-state index is 10.2. The van der Waals surface area contributed by atoms with Gasteiger partial charge in [-0.2, -0.15) is 0 Å². The number of anilines is 1. The molecule has 0 aromatic carbocycles. The van der Waals surface area contributed by atoms with Crippen molar-refractivity contribution in [3.8, 4) is 0 Å². The molecule has 5 heteroatoms. The lowest BCUT2D eigenvalue weighted by Crippen LogP contribution is -2.22. The summed E-state index contributed by atoms with van der Waals surface area (Å²) in [6.45, 7) is 0. The zero-order chi connectivity index (χ0) is 9.68. The fourth-order valence-corrected chi connectivity index (χ4v) is 0.935. The average molecular weight is 180 g/mol. The molecule has 0 amide bonds. The van der Waals surface area contributed by atoms with Gasteiger partial charge in [0.15, 0.2) is 0 Å². The lowest BCUT2D eigenvalue weighted by molar-refractivity contribution is -0.109. The van der Waals surface area contributed by atoms with Crippen LogP contribution in [-0.4, -0.2) is 22.3 Å². The van der Waals surface area contributed by atoms with Crippen LogP contribution in [0.3, 0.4) is 0 Å². The monoisotopic (exact) mass is 180 g/mol. The molecule has 1 rings (SSSR count). The number of nitrogen functional groups attached to an aromatic ring is 1. The van der Waals surface area contributed by atoms with E-state index in [0.29, 0.717) is 12.8 Å². The molecule has 0 aliphatic carbocycles. The van der Waals surface area contributed by atoms with E-state index in [1.165, 1.54) is 0 Å². The molecule has 0 aliphatic rings. The van der Waals surface area contributed by atoms with E-state index in [1.54, 1.807) is 12.3 Å². The summed E-state index contributed by atoms with van der Waals surface area (Å²) < 4.78 is 0. The third kappa shape index (κ3) is 3.16. The molecule has 4 N–H and O–H groups in total. The Kier molecular flexibility index (Phi) is 3.33. The first-order chi connectivity index (χ1) is 6.22. The van der Waals surface area contributed by atoms with Crippen LogP contribution >= 0.6 is 0 Å². The van der Waals surface area contributed by atoms with Crippen molar-refractivity contribution in [1.82, 2.24) is 9.97 Å². The van der Waals surface area contributed by atoms with E-state index >= 15 is 0 Å². The van der Waals surface area contributed by atoms with Gasteiger partial charge in [-0.3, -0.25) is 0 Å². The van der Waals surface area contributed by atoms with Crippen molar-refractivity contribution < 1.29 is 4.79 Å². The first kappa shape index (κ1) is 9.60. The summed E-state index contributed by atoms with van der Waals surface area (Å²) in [7, 11) is 0. The number of hydrogen-bond acceptors (Lipinski definition) is 5. The van der Waals surface area contributed by atoms with Gasteiger partial charge in [-0.25, -0.2) is 9.97 Å². The Morgan fingerprint density at radius 2 is 2.38 bits per heavy atom. The molecule has 0 bridgehead atoms. The van der Waals surface area contributed by atoms with Gasteiger partial charge in [0.05, 0.1) is 6.04 Å². The number of carbonyl (C=O) groups is 1. The molecule has 0 aliphatic heterocycles. The summed E-state index contributed by atoms with van der Waals surface area (Å²) >= 11 is 0. The Hall–Kier alpha value is -1.49. The number of nitrogens with zero attached hydrogens (tertiary/aromatic N) is 2. The summed E-state index contributed by atoms with van der Waals surface area (Å²) in [5, 5.41) is 0. The normalized spacial score (nSPS) is 12.4. The van der Waals surface area contributed by atoms with Crippen molar-refractivity contribution in [2.24, 2.45) is 5.73 Å². The van der Waals surface area contributed by atoms with Gasteiger partial charge in [0.25, 0.3) is 0 Å². The SMILES string of the molecule is Nc1nccc(CCC(N)C=O)n1. The van der Waals surface area contributed by atoms with E-state index in [-0.39, 0.29) is 5.95 Å². The Morgan fingerprint density at radius 3 is 3.00 bits per heavy atom. The van der Waals surface area contributed by atoms with Crippen molar-refractivity contribution in [3.63, 3.8) is 0 Å². The van der Waals surface area contributed by atoms with Gasteiger partial charge in [-0.1, -0.05) is 0 Å². The van der Waals surface area contributed by atoms with Crippen molar-refractivity contribution in [1.29, 1.82) is 0 Å². The molecule has 0 spiro atoms. The minimum absolute atomic E-state index is 0.247. The molecule has 70 valence electrons. The van der Waals surface area contributed by atoms with Crippen LogP contribution in [0.2, 0.25) is 0 Å². The van der Waals surface area contributed by atoms with Gasteiger partial charge in [-0.05, 0) is 18.9 Å². The van der Waals surface area contributed by atoms with Crippen molar-refractivity contribution in [2.75, 3.05) is 5.73 Å². The molecular weight excluding hydrogens is 168 g/mol. The van der Waals surface area contributed by atoms with Crippen LogP contribution < -0.4 is 11.5 Å². The third-order valence-electron chi connectivity index (χ3n) is 1.64. The van der Waals surface area contributed by atoms with Crippen molar-refractivity contribution >= 4 is 12.2 Å². The highest BCUT2D eigenvalue weighted by Gasteiger charge is 2.01. The Bertz CT molecular complexity index is 289. The van der Waals surface area contributed by atoms with Crippen molar-refractivity contribution in [3.05, 3.63) is 18.0 Å². The lowest BCUT2D eigenvalue weighted by atomic mass is 10.1. The molecule has 1 heterocycles. The zero-order valence-electron chi connectivity index (χ0n) is 7.18. The number of carbonyl (C=O) groups excluding carboxylic acids is 1. The molecule has 1 unspecified atom stereocenters. The third-order valence-corrected chi connectivity index (χ3v) is 1.64. The largest absolute Gasteiger partial charge is 0.368 e. The number of rotatable bonds is 4. The quantitative estimate of drug-likeness (QED) is 0.610. The summed E-state index contributed by atoms with van der Waals surface area (Å²) in [4.78, 5) is 17.9. The second kappa shape index (κ2) is 4.51. The van der Waals surface area contributed by atoms with E-state index in [0.717, 1.165) is 12.0 Å². The average Bonchev–Trinajstić information content (AvgIpc) is 2.14. The molecule has 1 aromatic rings. The van der Waals surface area contributed by atoms with Crippen LogP contribution in [0.5, 0.6) is 0 Å². The maximum atomic E-state index is 10.2. The van der Waals surface area contributed by atoms with Gasteiger partial charge >= 0.3 is 0 Å². The fourth-order valence-electron chi connectivity index (χ4n) is 0.935. The number of aryl methyl sites for hydroxylation is 1. The zero-order valence-corrected chi connectivity index (χ0v) is 7.18. The molecule has 1 atom stereocenters. The first-order valence-electron chi connectivity index (χ1n) is 4.00. The highest BCUT2D eigenvalue weighted by Crippen LogP contribution is 2.01. The molecule has 0 saturated carbocycles. The van der Waals surface area contributed by atoms with Crippen LogP contribution in [-0.2, 0) is 11.2 Å². The highest BCUT2D eigenvalue weighted by atomic mass is 16.1. The van der Waals surface area contributed by atoms with Gasteiger partial charge in [0, 0.05) is 11.9 Å². The van der Waals surface area contributed by atoms with Gasteiger partial charge in [0.1, 0.15) is 6.29 Å². The predicted molar refractivity (Wildman–Crippen MR) is 48.8 cm³/mol. The summed E-state index contributed by atoms with van der Waals surface area (Å²) in [5.41, 5.74) is 11.6. The number of aldehydes is 1. The van der Waals surface area contributed by atoms with Crippen LogP contribution in [0, 0.1) is 0 Å². The molecule has 0 saturated heterocycles. The maximum Gasteiger partial charge on any atom is 0.220 e. The minimum Gasteiger partial charge on any atom is -0.368 e. The van der Waals surface area contributed by atoms with Crippen LogP contribution in [0.25, 0.3) is 0 Å². The number of hydrogen-bond donors (Lipinski definition) is 2. The Balaban J connectivity index is 2.49. The van der Waals surface area contributed by atoms with E-state index in [4.69, 9.17) is 11.5 Å². The first-order valence-corrected chi connectivity index (χ1v) is 4.00. The number of nitrogens with two attached hydrogens (primary N) is 2. The second-order valence-electron chi connectivity index (χ2n) is 2.74. The molecule has 0 radical (unpaired) electrons. The van der Waals surface area contributed by atoms with E-state index in [9.17, 15) is 4.79 Å². The second-order valence-corrected chi connectivity index (χ2v) is 2.74. The Labute approximate surface area is 76.2 Å². The number of aromatic nitrogens is 2. The molecular formula is C8H12N4O. The fraction of sp³-hybridized carbons (Fsp3) is 0.375. The molecule has 13 heavy (non-hydrogen) atoms. The standard InChI is InChI=1S/C8H12N4O/c9-6(5-13)1-2-7-3-4-11-8(10)12-7/h3-6H,1-2,9H2,(H2,10,11,12). The molecule has 1 aromatic heterocycles. The van der Waals surface area contributed by atoms with Gasteiger partial charge in [-0.15, -0.1) is 0 Å². The molecule has 5 nitrogen and oxygen atoms in total. The summed E-state index contributed by atoms with van der Waals surface area (Å²) in [6, 6.07) is 1.34. The van der Waals surface area contributed by atoms with Crippen LogP contribution in [0.4, 0.5) is 5.95 Å². The molecule has 0 fully saturated rings. The lowest BCUT2D eigenvalue weighted by Gasteiger charge is -2.02. The van der Waals surface area contributed by atoms with Gasteiger partial charge < -0.3 is 16.3 Å².